The van der Waals surface area contributed by atoms with Crippen LogP contribution in [0.3, 0.4) is 0 Å². The number of aliphatic imine (C=N–C) groups is 1. The minimum Gasteiger partial charge on any atom is -0.493 e. The van der Waals surface area contributed by atoms with E-state index in [2.05, 4.69) is 15.6 Å². The van der Waals surface area contributed by atoms with E-state index in [1.807, 2.05) is 32.0 Å². The molecule has 1 aromatic rings. The molecule has 0 atom stereocenters. The van der Waals surface area contributed by atoms with Crippen molar-refractivity contribution in [1.29, 1.82) is 0 Å². The van der Waals surface area contributed by atoms with Crippen LogP contribution in [0.1, 0.15) is 20.3 Å². The largest absolute Gasteiger partial charge is 0.493 e. The van der Waals surface area contributed by atoms with Gasteiger partial charge < -0.3 is 20.1 Å². The third-order valence-electron chi connectivity index (χ3n) is 3.65. The molecule has 0 aliphatic rings. The van der Waals surface area contributed by atoms with Crippen LogP contribution in [-0.4, -0.2) is 65.3 Å². The van der Waals surface area contributed by atoms with Crippen molar-refractivity contribution in [3.05, 3.63) is 18.2 Å². The molecule has 0 aliphatic carbocycles. The topological polar surface area (TPSA) is 92.3 Å². The lowest BCUT2D eigenvalue weighted by Crippen LogP contribution is -2.32. The second kappa shape index (κ2) is 10.9. The summed E-state index contributed by atoms with van der Waals surface area (Å²) in [6, 6.07) is 5.51. The van der Waals surface area contributed by atoms with Crippen molar-refractivity contribution >= 4 is 21.7 Å². The van der Waals surface area contributed by atoms with Crippen molar-refractivity contribution in [3.8, 4) is 11.5 Å². The Morgan fingerprint density at radius 2 is 1.88 bits per heavy atom. The van der Waals surface area contributed by atoms with E-state index in [0.29, 0.717) is 50.1 Å². The number of ether oxygens (including phenoxy) is 2. The summed E-state index contributed by atoms with van der Waals surface area (Å²) in [4.78, 5) is 4.50. The molecule has 148 valence electrons. The molecule has 8 nitrogen and oxygen atoms in total. The van der Waals surface area contributed by atoms with Crippen molar-refractivity contribution in [2.24, 2.45) is 4.99 Å². The summed E-state index contributed by atoms with van der Waals surface area (Å²) < 4.78 is 35.2. The summed E-state index contributed by atoms with van der Waals surface area (Å²) in [5.74, 6) is 1.91. The minimum absolute atomic E-state index is 0.453. The van der Waals surface area contributed by atoms with E-state index < -0.39 is 10.0 Å². The lowest BCUT2D eigenvalue weighted by Gasteiger charge is -2.17. The Kier molecular flexibility index (Phi) is 9.22. The normalized spacial score (nSPS) is 12.2. The summed E-state index contributed by atoms with van der Waals surface area (Å²) in [5.41, 5.74) is 0.814. The third-order valence-corrected chi connectivity index (χ3v) is 5.03. The van der Waals surface area contributed by atoms with Gasteiger partial charge in [-0.15, -0.1) is 0 Å². The van der Waals surface area contributed by atoms with E-state index in [0.717, 1.165) is 5.69 Å². The van der Waals surface area contributed by atoms with Gasteiger partial charge in [-0.3, -0.25) is 4.99 Å². The Bertz CT molecular complexity index is 692. The Hall–Kier alpha value is -2.00. The third kappa shape index (κ3) is 7.09. The highest BCUT2D eigenvalue weighted by atomic mass is 32.2. The van der Waals surface area contributed by atoms with Crippen LogP contribution in [0.5, 0.6) is 11.5 Å². The molecule has 0 spiro atoms. The maximum Gasteiger partial charge on any atom is 0.211 e. The smallest absolute Gasteiger partial charge is 0.211 e. The summed E-state index contributed by atoms with van der Waals surface area (Å²) in [5, 5.41) is 6.37. The van der Waals surface area contributed by atoms with Gasteiger partial charge in [0.05, 0.1) is 20.5 Å². The van der Waals surface area contributed by atoms with Crippen molar-refractivity contribution in [2.45, 2.75) is 20.3 Å². The van der Waals surface area contributed by atoms with Gasteiger partial charge in [0.2, 0.25) is 10.0 Å². The number of hydrogen-bond acceptors (Lipinski definition) is 5. The van der Waals surface area contributed by atoms with Gasteiger partial charge in [0, 0.05) is 37.9 Å². The summed E-state index contributed by atoms with van der Waals surface area (Å²) in [7, 11) is 0.0144. The maximum absolute atomic E-state index is 11.6. The van der Waals surface area contributed by atoms with Gasteiger partial charge in [-0.25, -0.2) is 12.7 Å². The Labute approximate surface area is 156 Å². The van der Waals surface area contributed by atoms with Gasteiger partial charge in [0.15, 0.2) is 17.5 Å². The second-order valence-electron chi connectivity index (χ2n) is 5.56. The van der Waals surface area contributed by atoms with E-state index >= 15 is 0 Å². The highest BCUT2D eigenvalue weighted by Gasteiger charge is 2.13. The minimum atomic E-state index is -3.16. The molecule has 0 heterocycles. The first-order valence-electron chi connectivity index (χ1n) is 8.58. The fourth-order valence-corrected chi connectivity index (χ4v) is 3.28. The Morgan fingerprint density at radius 3 is 2.42 bits per heavy atom. The zero-order chi connectivity index (χ0) is 19.6. The summed E-state index contributed by atoms with van der Waals surface area (Å²) in [6.07, 6.45) is 1.87. The van der Waals surface area contributed by atoms with Crippen molar-refractivity contribution in [1.82, 2.24) is 9.62 Å². The number of anilines is 1. The summed E-state index contributed by atoms with van der Waals surface area (Å²) in [6.45, 7) is 5.95. The van der Waals surface area contributed by atoms with Crippen LogP contribution in [0.15, 0.2) is 23.2 Å². The van der Waals surface area contributed by atoms with Crippen LogP contribution in [-0.2, 0) is 10.0 Å². The molecular weight excluding hydrogens is 356 g/mol. The predicted octanol–water partition coefficient (Wildman–Crippen LogP) is 1.75. The van der Waals surface area contributed by atoms with Gasteiger partial charge in [0.25, 0.3) is 0 Å². The molecule has 0 saturated carbocycles. The number of hydrogen-bond donors (Lipinski definition) is 2. The maximum atomic E-state index is 11.6. The summed E-state index contributed by atoms with van der Waals surface area (Å²) >= 11 is 0. The van der Waals surface area contributed by atoms with Gasteiger partial charge in [-0.05, 0) is 25.5 Å². The Morgan fingerprint density at radius 1 is 1.19 bits per heavy atom. The lowest BCUT2D eigenvalue weighted by atomic mass is 10.3. The zero-order valence-electron chi connectivity index (χ0n) is 16.2. The molecule has 9 heteroatoms. The van der Waals surface area contributed by atoms with Crippen molar-refractivity contribution in [2.75, 3.05) is 52.0 Å². The molecule has 2 N–H and O–H groups in total. The molecule has 0 aromatic heterocycles. The predicted molar refractivity (Wildman–Crippen MR) is 106 cm³/mol. The number of nitrogens with one attached hydrogen (secondary N) is 2. The SMILES string of the molecule is CCNC(=NCCCN(CC)S(C)(=O)=O)Nc1ccc(OC)c(OC)c1. The quantitative estimate of drug-likeness (QED) is 0.362. The molecule has 0 amide bonds. The van der Waals surface area contributed by atoms with Crippen LogP contribution in [0.2, 0.25) is 0 Å². The van der Waals surface area contributed by atoms with Crippen LogP contribution >= 0.6 is 0 Å². The van der Waals surface area contributed by atoms with E-state index in [4.69, 9.17) is 9.47 Å². The van der Waals surface area contributed by atoms with Gasteiger partial charge in [-0.1, -0.05) is 6.92 Å². The monoisotopic (exact) mass is 386 g/mol. The van der Waals surface area contributed by atoms with E-state index in [1.54, 1.807) is 14.2 Å². The first kappa shape index (κ1) is 22.0. The number of sulfonamides is 1. The number of nitrogens with zero attached hydrogens (tertiary/aromatic N) is 2. The highest BCUT2D eigenvalue weighted by molar-refractivity contribution is 7.88. The number of rotatable bonds is 10. The first-order valence-corrected chi connectivity index (χ1v) is 10.4. The molecule has 0 bridgehead atoms. The van der Waals surface area contributed by atoms with Crippen LogP contribution in [0.25, 0.3) is 0 Å². The van der Waals surface area contributed by atoms with E-state index in [9.17, 15) is 8.42 Å². The number of methoxy groups -OCH3 is 2. The molecule has 0 aliphatic heterocycles. The first-order chi connectivity index (χ1) is 12.3. The molecule has 1 rings (SSSR count). The van der Waals surface area contributed by atoms with Crippen molar-refractivity contribution in [3.63, 3.8) is 0 Å². The number of benzene rings is 1. The molecule has 0 saturated heterocycles. The lowest BCUT2D eigenvalue weighted by molar-refractivity contribution is 0.355. The van der Waals surface area contributed by atoms with E-state index in [-0.39, 0.29) is 0 Å². The molecule has 1 aromatic carbocycles. The molecule has 0 radical (unpaired) electrons. The molecular formula is C17H30N4O4S. The van der Waals surface area contributed by atoms with Crippen LogP contribution in [0.4, 0.5) is 5.69 Å². The second-order valence-corrected chi connectivity index (χ2v) is 7.55. The number of guanidine groups is 1. The standard InChI is InChI=1S/C17H30N4O4S/c1-6-18-17(19-11-8-12-21(7-2)26(5,22)23)20-14-9-10-15(24-3)16(13-14)25-4/h9-10,13H,6-8,11-12H2,1-5H3,(H2,18,19,20). The fraction of sp³-hybridized carbons (Fsp3) is 0.588. The molecule has 0 unspecified atom stereocenters. The van der Waals surface area contributed by atoms with Gasteiger partial charge in [0.1, 0.15) is 0 Å². The molecule has 0 fully saturated rings. The Balaban J connectivity index is 2.72. The van der Waals surface area contributed by atoms with Gasteiger partial charge in [-0.2, -0.15) is 0 Å². The average Bonchev–Trinajstić information content (AvgIpc) is 2.60. The van der Waals surface area contributed by atoms with Crippen molar-refractivity contribution < 1.29 is 17.9 Å². The van der Waals surface area contributed by atoms with Gasteiger partial charge >= 0.3 is 0 Å². The fourth-order valence-electron chi connectivity index (χ4n) is 2.35. The zero-order valence-corrected chi connectivity index (χ0v) is 17.0. The van der Waals surface area contributed by atoms with Crippen LogP contribution < -0.4 is 20.1 Å². The highest BCUT2D eigenvalue weighted by Crippen LogP contribution is 2.29. The molecule has 26 heavy (non-hydrogen) atoms. The average molecular weight is 387 g/mol. The van der Waals surface area contributed by atoms with E-state index in [1.165, 1.54) is 10.6 Å². The van der Waals surface area contributed by atoms with Crippen LogP contribution in [0, 0.1) is 0 Å².